The zero-order chi connectivity index (χ0) is 18.9. The summed E-state index contributed by atoms with van der Waals surface area (Å²) < 4.78 is 27.0. The summed E-state index contributed by atoms with van der Waals surface area (Å²) in [5.41, 5.74) is 4.77. The van der Waals surface area contributed by atoms with Gasteiger partial charge < -0.3 is 4.90 Å². The molecule has 1 aromatic heterocycles. The molecule has 6 nitrogen and oxygen atoms in total. The molecule has 1 aliphatic rings. The van der Waals surface area contributed by atoms with E-state index in [2.05, 4.69) is 39.0 Å². The van der Waals surface area contributed by atoms with Crippen LogP contribution in [0, 0.1) is 0 Å². The molecule has 1 saturated heterocycles. The minimum atomic E-state index is -3.27. The van der Waals surface area contributed by atoms with Gasteiger partial charge in [0.25, 0.3) is 0 Å². The quantitative estimate of drug-likeness (QED) is 0.733. The van der Waals surface area contributed by atoms with Gasteiger partial charge in [-0.05, 0) is 48.7 Å². The van der Waals surface area contributed by atoms with Gasteiger partial charge in [0.1, 0.15) is 0 Å². The Morgan fingerprint density at radius 2 is 1.67 bits per heavy atom. The van der Waals surface area contributed by atoms with E-state index in [-0.39, 0.29) is 0 Å². The van der Waals surface area contributed by atoms with E-state index >= 15 is 0 Å². The lowest BCUT2D eigenvalue weighted by Crippen LogP contribution is -2.17. The van der Waals surface area contributed by atoms with Crippen molar-refractivity contribution in [1.29, 1.82) is 0 Å². The minimum Gasteiger partial charge on any atom is -0.371 e. The molecule has 1 aliphatic heterocycles. The lowest BCUT2D eigenvalue weighted by Gasteiger charge is -2.18. The Morgan fingerprint density at radius 1 is 0.963 bits per heavy atom. The van der Waals surface area contributed by atoms with Gasteiger partial charge in [-0.25, -0.2) is 13.1 Å². The van der Waals surface area contributed by atoms with Crippen molar-refractivity contribution in [2.75, 3.05) is 29.0 Å². The summed E-state index contributed by atoms with van der Waals surface area (Å²) in [5, 5.41) is 4.50. The maximum Gasteiger partial charge on any atom is 0.229 e. The van der Waals surface area contributed by atoms with E-state index < -0.39 is 10.0 Å². The first-order valence-corrected chi connectivity index (χ1v) is 10.9. The fraction of sp³-hybridized carbons (Fsp3) is 0.250. The minimum absolute atomic E-state index is 0.548. The standard InChI is InChI=1S/C20H22N4O2S/c1-27(25,26)22-18-9-7-16(8-10-18)17-14-21-24(15-17)20-6-4-5-19(13-20)23-11-2-3-12-23/h4-10,13-15,22H,2-3,11-12H2,1H3. The number of sulfonamides is 1. The van der Waals surface area contributed by atoms with Crippen LogP contribution in [0.25, 0.3) is 16.8 Å². The van der Waals surface area contributed by atoms with Crippen LogP contribution in [-0.2, 0) is 10.0 Å². The van der Waals surface area contributed by atoms with Crippen LogP contribution in [0.5, 0.6) is 0 Å². The molecule has 2 heterocycles. The zero-order valence-electron chi connectivity index (χ0n) is 15.2. The largest absolute Gasteiger partial charge is 0.371 e. The molecule has 4 rings (SSSR count). The van der Waals surface area contributed by atoms with Crippen LogP contribution in [0.3, 0.4) is 0 Å². The summed E-state index contributed by atoms with van der Waals surface area (Å²) in [7, 11) is -3.27. The fourth-order valence-corrected chi connectivity index (χ4v) is 3.93. The first-order valence-electron chi connectivity index (χ1n) is 8.96. The topological polar surface area (TPSA) is 67.2 Å². The summed E-state index contributed by atoms with van der Waals surface area (Å²) in [6.07, 6.45) is 7.45. The van der Waals surface area contributed by atoms with E-state index in [9.17, 15) is 8.42 Å². The van der Waals surface area contributed by atoms with Gasteiger partial charge in [0.2, 0.25) is 10.0 Å². The normalized spacial score (nSPS) is 14.5. The smallest absolute Gasteiger partial charge is 0.229 e. The highest BCUT2D eigenvalue weighted by Gasteiger charge is 2.13. The lowest BCUT2D eigenvalue weighted by atomic mass is 10.1. The predicted octanol–water partition coefficient (Wildman–Crippen LogP) is 3.51. The van der Waals surface area contributed by atoms with Crippen LogP contribution in [-0.4, -0.2) is 37.5 Å². The van der Waals surface area contributed by atoms with Crippen LogP contribution >= 0.6 is 0 Å². The summed E-state index contributed by atoms with van der Waals surface area (Å²) in [4.78, 5) is 2.40. The summed E-state index contributed by atoms with van der Waals surface area (Å²) in [6, 6.07) is 15.7. The van der Waals surface area contributed by atoms with Crippen molar-refractivity contribution in [2.24, 2.45) is 0 Å². The molecule has 1 fully saturated rings. The van der Waals surface area contributed by atoms with Crippen LogP contribution < -0.4 is 9.62 Å². The van der Waals surface area contributed by atoms with Gasteiger partial charge in [-0.2, -0.15) is 5.10 Å². The zero-order valence-corrected chi connectivity index (χ0v) is 16.0. The van der Waals surface area contributed by atoms with Crippen molar-refractivity contribution < 1.29 is 8.42 Å². The molecular formula is C20H22N4O2S. The molecule has 0 atom stereocenters. The van der Waals surface area contributed by atoms with Crippen molar-refractivity contribution in [3.63, 3.8) is 0 Å². The number of rotatable bonds is 5. The molecule has 0 bridgehead atoms. The van der Waals surface area contributed by atoms with E-state index in [0.29, 0.717) is 5.69 Å². The second-order valence-electron chi connectivity index (χ2n) is 6.84. The Balaban J connectivity index is 1.56. The van der Waals surface area contributed by atoms with E-state index in [1.165, 1.54) is 18.5 Å². The molecule has 0 radical (unpaired) electrons. The molecule has 3 aromatic rings. The lowest BCUT2D eigenvalue weighted by molar-refractivity contribution is 0.607. The number of hydrogen-bond acceptors (Lipinski definition) is 4. The molecule has 0 unspecified atom stereocenters. The van der Waals surface area contributed by atoms with Crippen LogP contribution in [0.2, 0.25) is 0 Å². The molecular weight excluding hydrogens is 360 g/mol. The monoisotopic (exact) mass is 382 g/mol. The van der Waals surface area contributed by atoms with E-state index in [1.807, 2.05) is 29.2 Å². The molecule has 1 N–H and O–H groups in total. The van der Waals surface area contributed by atoms with Crippen molar-refractivity contribution >= 4 is 21.4 Å². The second kappa shape index (κ2) is 7.08. The van der Waals surface area contributed by atoms with Crippen molar-refractivity contribution in [3.8, 4) is 16.8 Å². The Kier molecular flexibility index (Phi) is 4.61. The molecule has 0 aliphatic carbocycles. The van der Waals surface area contributed by atoms with E-state index in [0.717, 1.165) is 36.2 Å². The third-order valence-corrected chi connectivity index (χ3v) is 5.28. The van der Waals surface area contributed by atoms with Crippen molar-refractivity contribution in [1.82, 2.24) is 9.78 Å². The van der Waals surface area contributed by atoms with Gasteiger partial charge in [-0.15, -0.1) is 0 Å². The highest BCUT2D eigenvalue weighted by atomic mass is 32.2. The third kappa shape index (κ3) is 4.14. The maximum atomic E-state index is 11.3. The number of anilines is 2. The van der Waals surface area contributed by atoms with Gasteiger partial charge in [-0.1, -0.05) is 18.2 Å². The molecule has 7 heteroatoms. The average molecular weight is 382 g/mol. The molecule has 140 valence electrons. The summed E-state index contributed by atoms with van der Waals surface area (Å²) >= 11 is 0. The van der Waals surface area contributed by atoms with Crippen molar-refractivity contribution in [2.45, 2.75) is 12.8 Å². The van der Waals surface area contributed by atoms with Crippen LogP contribution in [0.4, 0.5) is 11.4 Å². The average Bonchev–Trinajstić information content (AvgIpc) is 3.33. The third-order valence-electron chi connectivity index (χ3n) is 4.67. The Hall–Kier alpha value is -2.80. The number of nitrogens with one attached hydrogen (secondary N) is 1. The Morgan fingerprint density at radius 3 is 2.37 bits per heavy atom. The first-order chi connectivity index (χ1) is 13.0. The van der Waals surface area contributed by atoms with E-state index in [4.69, 9.17) is 0 Å². The van der Waals surface area contributed by atoms with Crippen LogP contribution in [0.1, 0.15) is 12.8 Å². The molecule has 2 aromatic carbocycles. The Bertz CT molecular complexity index is 1040. The highest BCUT2D eigenvalue weighted by molar-refractivity contribution is 7.92. The van der Waals surface area contributed by atoms with Gasteiger partial charge in [0.05, 0.1) is 18.1 Å². The van der Waals surface area contributed by atoms with E-state index in [1.54, 1.807) is 12.1 Å². The number of aromatic nitrogens is 2. The van der Waals surface area contributed by atoms with Crippen molar-refractivity contribution in [3.05, 3.63) is 60.9 Å². The first kappa shape index (κ1) is 17.6. The molecule has 0 saturated carbocycles. The van der Waals surface area contributed by atoms with Gasteiger partial charge in [-0.3, -0.25) is 4.72 Å². The summed E-state index contributed by atoms with van der Waals surface area (Å²) in [6.45, 7) is 2.23. The summed E-state index contributed by atoms with van der Waals surface area (Å²) in [5.74, 6) is 0. The van der Waals surface area contributed by atoms with Crippen LogP contribution in [0.15, 0.2) is 60.9 Å². The van der Waals surface area contributed by atoms with Gasteiger partial charge >= 0.3 is 0 Å². The van der Waals surface area contributed by atoms with Gasteiger partial charge in [0.15, 0.2) is 0 Å². The number of nitrogens with zero attached hydrogens (tertiary/aromatic N) is 3. The highest BCUT2D eigenvalue weighted by Crippen LogP contribution is 2.25. The number of hydrogen-bond donors (Lipinski definition) is 1. The molecule has 27 heavy (non-hydrogen) atoms. The maximum absolute atomic E-state index is 11.3. The Labute approximate surface area is 159 Å². The predicted molar refractivity (Wildman–Crippen MR) is 109 cm³/mol. The molecule has 0 amide bonds. The molecule has 0 spiro atoms. The SMILES string of the molecule is CS(=O)(=O)Nc1ccc(-c2cnn(-c3cccc(N4CCCC4)c3)c2)cc1. The number of benzene rings is 2. The van der Waals surface area contributed by atoms with Gasteiger partial charge in [0, 0.05) is 36.2 Å². The fourth-order valence-electron chi connectivity index (χ4n) is 3.37. The second-order valence-corrected chi connectivity index (χ2v) is 8.59.